The van der Waals surface area contributed by atoms with Crippen LogP contribution in [-0.2, 0) is 21.8 Å². The predicted molar refractivity (Wildman–Crippen MR) is 75.9 cm³/mol. The normalized spacial score (nSPS) is 11.1. The van der Waals surface area contributed by atoms with Crippen molar-refractivity contribution >= 4 is 33.0 Å². The number of aryl methyl sites for hydroxylation is 1. The highest BCUT2D eigenvalue weighted by Gasteiger charge is 2.26. The third kappa shape index (κ3) is 3.11. The van der Waals surface area contributed by atoms with Crippen molar-refractivity contribution in [1.82, 2.24) is 9.55 Å². The minimum absolute atomic E-state index is 0.196. The third-order valence-electron chi connectivity index (χ3n) is 2.50. The molecule has 2 aromatic heterocycles. The van der Waals surface area contributed by atoms with Crippen LogP contribution in [0.5, 0.6) is 0 Å². The van der Waals surface area contributed by atoms with Crippen LogP contribution in [0, 0.1) is 0 Å². The highest BCUT2D eigenvalue weighted by atomic mass is 32.2. The fourth-order valence-electron chi connectivity index (χ4n) is 1.51. The van der Waals surface area contributed by atoms with Gasteiger partial charge in [0.1, 0.15) is 0 Å². The van der Waals surface area contributed by atoms with E-state index in [2.05, 4.69) is 14.4 Å². The molecular weight excluding hydrogens is 318 g/mol. The Morgan fingerprint density at radius 3 is 2.76 bits per heavy atom. The van der Waals surface area contributed by atoms with Crippen molar-refractivity contribution in [2.75, 3.05) is 11.8 Å². The van der Waals surface area contributed by atoms with Gasteiger partial charge >= 0.3 is 5.97 Å². The molecule has 2 rings (SSSR count). The fraction of sp³-hybridized carbons (Fsp3) is 0.182. The van der Waals surface area contributed by atoms with Crippen LogP contribution in [0.25, 0.3) is 0 Å². The molecule has 1 N–H and O–H groups in total. The number of aromatic nitrogens is 2. The number of hydrogen-bond acceptors (Lipinski definition) is 7. The Bertz CT molecular complexity index is 838. The van der Waals surface area contributed by atoms with Crippen molar-refractivity contribution in [3.8, 4) is 0 Å². The van der Waals surface area contributed by atoms with Crippen LogP contribution in [-0.4, -0.2) is 31.0 Å². The first-order chi connectivity index (χ1) is 9.85. The van der Waals surface area contributed by atoms with Gasteiger partial charge in [-0.1, -0.05) is 0 Å². The van der Waals surface area contributed by atoms with Gasteiger partial charge in [0.05, 0.1) is 18.3 Å². The van der Waals surface area contributed by atoms with E-state index in [4.69, 9.17) is 0 Å². The molecule has 0 aromatic carbocycles. The Labute approximate surface area is 124 Å². The molecule has 21 heavy (non-hydrogen) atoms. The molecule has 0 atom stereocenters. The molecule has 0 saturated heterocycles. The molecule has 2 heterocycles. The van der Waals surface area contributed by atoms with E-state index in [0.717, 1.165) is 18.4 Å². The average Bonchev–Trinajstić information content (AvgIpc) is 2.92. The van der Waals surface area contributed by atoms with Crippen molar-refractivity contribution < 1.29 is 17.9 Å². The number of anilines is 1. The number of nitrogens with one attached hydrogen (secondary N) is 1. The Kier molecular flexibility index (Phi) is 4.09. The zero-order valence-corrected chi connectivity index (χ0v) is 12.7. The van der Waals surface area contributed by atoms with E-state index >= 15 is 0 Å². The average molecular weight is 329 g/mol. The molecule has 0 spiro atoms. The van der Waals surface area contributed by atoms with Crippen LogP contribution < -0.4 is 10.3 Å². The third-order valence-corrected chi connectivity index (χ3v) is 5.25. The van der Waals surface area contributed by atoms with Gasteiger partial charge < -0.3 is 9.30 Å². The van der Waals surface area contributed by atoms with Gasteiger partial charge in [-0.15, -0.1) is 11.3 Å². The summed E-state index contributed by atoms with van der Waals surface area (Å²) >= 11 is 0.796. The molecule has 0 aliphatic rings. The topological polar surface area (TPSA) is 107 Å². The van der Waals surface area contributed by atoms with Gasteiger partial charge in [0.15, 0.2) is 9.90 Å². The maximum Gasteiger partial charge on any atom is 0.358 e. The van der Waals surface area contributed by atoms with Crippen molar-refractivity contribution in [2.24, 2.45) is 7.05 Å². The first-order valence-corrected chi connectivity index (χ1v) is 7.93. The molecular formula is C11H11N3O5S2. The van der Waals surface area contributed by atoms with Gasteiger partial charge in [-0.25, -0.2) is 18.2 Å². The molecule has 10 heteroatoms. The quantitative estimate of drug-likeness (QED) is 0.815. The molecule has 0 unspecified atom stereocenters. The van der Waals surface area contributed by atoms with Crippen molar-refractivity contribution in [3.63, 3.8) is 0 Å². The maximum atomic E-state index is 12.3. The smallest absolute Gasteiger partial charge is 0.358 e. The second-order valence-electron chi connectivity index (χ2n) is 3.95. The lowest BCUT2D eigenvalue weighted by Crippen LogP contribution is -2.19. The number of methoxy groups -OCH3 is 1. The molecule has 0 amide bonds. The molecule has 112 valence electrons. The lowest BCUT2D eigenvalue weighted by atomic mass is 10.4. The number of pyridine rings is 1. The lowest BCUT2D eigenvalue weighted by Gasteiger charge is -2.08. The van der Waals surface area contributed by atoms with Crippen LogP contribution >= 0.6 is 11.3 Å². The first-order valence-electron chi connectivity index (χ1n) is 5.56. The van der Waals surface area contributed by atoms with E-state index in [1.165, 1.54) is 35.5 Å². The van der Waals surface area contributed by atoms with Crippen LogP contribution in [0.4, 0.5) is 5.69 Å². The minimum Gasteiger partial charge on any atom is -0.464 e. The van der Waals surface area contributed by atoms with Gasteiger partial charge in [-0.2, -0.15) is 0 Å². The van der Waals surface area contributed by atoms with E-state index in [1.54, 1.807) is 0 Å². The van der Waals surface area contributed by atoms with Crippen molar-refractivity contribution in [1.29, 1.82) is 0 Å². The van der Waals surface area contributed by atoms with Gasteiger partial charge in [-0.3, -0.25) is 9.52 Å². The predicted octanol–water partition coefficient (Wildman–Crippen LogP) is 0.429. The van der Waals surface area contributed by atoms with Crippen LogP contribution in [0.2, 0.25) is 0 Å². The molecule has 0 fully saturated rings. The Morgan fingerprint density at radius 2 is 2.14 bits per heavy atom. The molecule has 0 aliphatic heterocycles. The highest BCUT2D eigenvalue weighted by molar-refractivity contribution is 7.94. The summed E-state index contributed by atoms with van der Waals surface area (Å²) in [6, 6.07) is 2.56. The van der Waals surface area contributed by atoms with E-state index < -0.39 is 16.0 Å². The Hall–Kier alpha value is -2.20. The summed E-state index contributed by atoms with van der Waals surface area (Å²) in [5.74, 6) is -0.836. The van der Waals surface area contributed by atoms with Crippen LogP contribution in [0.15, 0.2) is 32.8 Å². The molecule has 2 aromatic rings. The molecule has 0 bridgehead atoms. The summed E-state index contributed by atoms with van der Waals surface area (Å²) in [5.41, 5.74) is 0.883. The first kappa shape index (κ1) is 15.2. The van der Waals surface area contributed by atoms with Crippen molar-refractivity contribution in [3.05, 3.63) is 39.9 Å². The van der Waals surface area contributed by atoms with E-state index in [0.29, 0.717) is 0 Å². The summed E-state index contributed by atoms with van der Waals surface area (Å²) in [6.07, 6.45) is 1.33. The molecule has 0 saturated carbocycles. The highest BCUT2D eigenvalue weighted by Crippen LogP contribution is 2.23. The van der Waals surface area contributed by atoms with Gasteiger partial charge in [-0.05, 0) is 6.07 Å². The summed E-state index contributed by atoms with van der Waals surface area (Å²) in [6.45, 7) is 0. The molecule has 0 radical (unpaired) electrons. The number of nitrogens with zero attached hydrogens (tertiary/aromatic N) is 2. The number of ether oxygens (including phenoxy) is 1. The summed E-state index contributed by atoms with van der Waals surface area (Å²) in [4.78, 5) is 26.4. The van der Waals surface area contributed by atoms with Crippen molar-refractivity contribution in [2.45, 2.75) is 4.21 Å². The van der Waals surface area contributed by atoms with E-state index in [1.807, 2.05) is 0 Å². The summed E-state index contributed by atoms with van der Waals surface area (Å²) < 4.78 is 32.3. The lowest BCUT2D eigenvalue weighted by molar-refractivity contribution is 0.0590. The zero-order valence-electron chi connectivity index (χ0n) is 11.1. The Balaban J connectivity index is 2.39. The maximum absolute atomic E-state index is 12.3. The number of carbonyl (C=O) groups excluding carboxylic acids is 1. The van der Waals surface area contributed by atoms with E-state index in [-0.39, 0.29) is 21.1 Å². The Morgan fingerprint density at radius 1 is 1.43 bits per heavy atom. The number of esters is 1. The minimum atomic E-state index is -4.00. The number of hydrogen-bond donors (Lipinski definition) is 1. The molecule has 8 nitrogen and oxygen atoms in total. The summed E-state index contributed by atoms with van der Waals surface area (Å²) in [7, 11) is -1.37. The second-order valence-corrected chi connectivity index (χ2v) is 6.68. The van der Waals surface area contributed by atoms with Gasteiger partial charge in [0.25, 0.3) is 10.0 Å². The van der Waals surface area contributed by atoms with E-state index in [9.17, 15) is 18.0 Å². The summed E-state index contributed by atoms with van der Waals surface area (Å²) in [5, 5.41) is 0. The fourth-order valence-corrected chi connectivity index (χ4v) is 3.69. The monoisotopic (exact) mass is 329 g/mol. The van der Waals surface area contributed by atoms with Crippen LogP contribution in [0.3, 0.4) is 0 Å². The number of thiazole rings is 1. The van der Waals surface area contributed by atoms with Gasteiger partial charge in [0.2, 0.25) is 5.56 Å². The molecule has 0 aliphatic carbocycles. The number of rotatable bonds is 4. The standard InChI is InChI=1S/C11H11N3O5S2/c1-14-5-7(3-4-8(14)15)13-21(17,18)11-9(10(16)19-2)12-6-20-11/h3-6,13H,1-2H3. The van der Waals surface area contributed by atoms with Crippen LogP contribution in [0.1, 0.15) is 10.5 Å². The number of sulfonamides is 1. The van der Waals surface area contributed by atoms with Gasteiger partial charge in [0, 0.05) is 19.3 Å². The zero-order chi connectivity index (χ0) is 15.6. The number of carbonyl (C=O) groups is 1. The second kappa shape index (κ2) is 5.66. The SMILES string of the molecule is COC(=O)c1ncsc1S(=O)(=O)Nc1ccc(=O)n(C)c1. The largest absolute Gasteiger partial charge is 0.464 e.